The Balaban J connectivity index is 2.25. The first-order valence-corrected chi connectivity index (χ1v) is 4.63. The normalized spacial score (nSPS) is 21.0. The van der Waals surface area contributed by atoms with E-state index < -0.39 is 23.8 Å². The van der Waals surface area contributed by atoms with Gasteiger partial charge in [-0.25, -0.2) is 9.59 Å². The summed E-state index contributed by atoms with van der Waals surface area (Å²) in [7, 11) is 0. The molecule has 1 fully saturated rings. The largest absolute Gasteiger partial charge is 0.444 e. The molecule has 1 rings (SSSR count). The lowest BCUT2D eigenvalue weighted by molar-refractivity contribution is -0.139. The molecular weight excluding hydrogens is 202 g/mol. The number of hydrogen-bond donors (Lipinski definition) is 1. The summed E-state index contributed by atoms with van der Waals surface area (Å²) in [6.07, 6.45) is -1.30. The first-order chi connectivity index (χ1) is 6.88. The maximum absolute atomic E-state index is 11.2. The zero-order chi connectivity index (χ0) is 11.5. The predicted octanol–water partition coefficient (Wildman–Crippen LogP) is 0.411. The molecule has 0 radical (unpaired) electrons. The summed E-state index contributed by atoms with van der Waals surface area (Å²) in [6.45, 7) is 5.28. The lowest BCUT2D eigenvalue weighted by atomic mass is 10.2. The summed E-state index contributed by atoms with van der Waals surface area (Å²) in [5.74, 6) is -0.467. The molecule has 0 aromatic carbocycles. The van der Waals surface area contributed by atoms with Crippen molar-refractivity contribution in [2.24, 2.45) is 0 Å². The summed E-state index contributed by atoms with van der Waals surface area (Å²) in [6, 6.07) is 0. The second-order valence-corrected chi connectivity index (χ2v) is 4.12. The number of rotatable bonds is 2. The molecule has 0 saturated carbocycles. The van der Waals surface area contributed by atoms with Gasteiger partial charge in [-0.15, -0.1) is 0 Å². The van der Waals surface area contributed by atoms with Crippen molar-refractivity contribution in [3.63, 3.8) is 0 Å². The van der Waals surface area contributed by atoms with Crippen molar-refractivity contribution >= 4 is 12.1 Å². The zero-order valence-corrected chi connectivity index (χ0v) is 9.03. The Hall–Kier alpha value is -1.30. The van der Waals surface area contributed by atoms with E-state index in [-0.39, 0.29) is 13.3 Å². The summed E-state index contributed by atoms with van der Waals surface area (Å²) >= 11 is 0. The van der Waals surface area contributed by atoms with Crippen LogP contribution in [0, 0.1) is 0 Å². The van der Waals surface area contributed by atoms with Crippen LogP contribution in [0.4, 0.5) is 4.79 Å². The van der Waals surface area contributed by atoms with Gasteiger partial charge in [0.25, 0.3) is 0 Å². The molecule has 86 valence electrons. The molecule has 0 aliphatic carbocycles. The van der Waals surface area contributed by atoms with Gasteiger partial charge in [0.15, 0.2) is 12.9 Å². The number of nitrogens with one attached hydrogen (secondary N) is 1. The number of amides is 1. The van der Waals surface area contributed by atoms with Gasteiger partial charge >= 0.3 is 12.1 Å². The highest BCUT2D eigenvalue weighted by atomic mass is 16.7. The van der Waals surface area contributed by atoms with E-state index in [1.165, 1.54) is 0 Å². The fraction of sp³-hybridized carbons (Fsp3) is 0.778. The monoisotopic (exact) mass is 217 g/mol. The van der Waals surface area contributed by atoms with Gasteiger partial charge in [0.1, 0.15) is 5.60 Å². The molecule has 0 aromatic rings. The Morgan fingerprint density at radius 3 is 2.73 bits per heavy atom. The van der Waals surface area contributed by atoms with Crippen molar-refractivity contribution in [2.75, 3.05) is 13.3 Å². The van der Waals surface area contributed by atoms with Crippen LogP contribution in [0.2, 0.25) is 0 Å². The van der Waals surface area contributed by atoms with E-state index in [4.69, 9.17) is 9.47 Å². The van der Waals surface area contributed by atoms with E-state index in [2.05, 4.69) is 10.1 Å². The Morgan fingerprint density at radius 1 is 1.60 bits per heavy atom. The summed E-state index contributed by atoms with van der Waals surface area (Å²) in [5.41, 5.74) is -0.554. The SMILES string of the molecule is CC(C)(C)OC(=O)NC[C@H]1OCOC1=O. The third-order valence-corrected chi connectivity index (χ3v) is 1.56. The number of carbonyl (C=O) groups excluding carboxylic acids is 2. The van der Waals surface area contributed by atoms with E-state index >= 15 is 0 Å². The maximum atomic E-state index is 11.2. The molecule has 1 heterocycles. The number of ether oxygens (including phenoxy) is 3. The van der Waals surface area contributed by atoms with Gasteiger partial charge in [-0.05, 0) is 20.8 Å². The van der Waals surface area contributed by atoms with Crippen LogP contribution in [0.3, 0.4) is 0 Å². The van der Waals surface area contributed by atoms with E-state index in [0.29, 0.717) is 0 Å². The van der Waals surface area contributed by atoms with Gasteiger partial charge in [0, 0.05) is 0 Å². The molecule has 6 nitrogen and oxygen atoms in total. The number of hydrogen-bond acceptors (Lipinski definition) is 5. The molecule has 1 amide bonds. The van der Waals surface area contributed by atoms with Gasteiger partial charge in [0.05, 0.1) is 6.54 Å². The van der Waals surface area contributed by atoms with Crippen LogP contribution in [-0.2, 0) is 19.0 Å². The lowest BCUT2D eigenvalue weighted by Crippen LogP contribution is -2.38. The average Bonchev–Trinajstić information content (AvgIpc) is 2.44. The first kappa shape index (κ1) is 11.8. The summed E-state index contributed by atoms with van der Waals surface area (Å²) < 4.78 is 14.4. The third-order valence-electron chi connectivity index (χ3n) is 1.56. The van der Waals surface area contributed by atoms with E-state index in [1.807, 2.05) is 0 Å². The van der Waals surface area contributed by atoms with Crippen molar-refractivity contribution in [2.45, 2.75) is 32.5 Å². The second-order valence-electron chi connectivity index (χ2n) is 4.12. The maximum Gasteiger partial charge on any atom is 0.407 e. The minimum Gasteiger partial charge on any atom is -0.444 e. The molecule has 6 heteroatoms. The van der Waals surface area contributed by atoms with Crippen LogP contribution in [-0.4, -0.2) is 37.1 Å². The molecule has 1 N–H and O–H groups in total. The number of esters is 1. The van der Waals surface area contributed by atoms with Crippen LogP contribution >= 0.6 is 0 Å². The van der Waals surface area contributed by atoms with E-state index in [0.717, 1.165) is 0 Å². The Kier molecular flexibility index (Phi) is 3.52. The van der Waals surface area contributed by atoms with Crippen LogP contribution in [0.1, 0.15) is 20.8 Å². The van der Waals surface area contributed by atoms with E-state index in [1.54, 1.807) is 20.8 Å². The van der Waals surface area contributed by atoms with Gasteiger partial charge in [-0.1, -0.05) is 0 Å². The highest BCUT2D eigenvalue weighted by molar-refractivity contribution is 5.77. The predicted molar refractivity (Wildman–Crippen MR) is 50.1 cm³/mol. The molecule has 15 heavy (non-hydrogen) atoms. The fourth-order valence-electron chi connectivity index (χ4n) is 0.968. The van der Waals surface area contributed by atoms with Crippen LogP contribution < -0.4 is 5.32 Å². The lowest BCUT2D eigenvalue weighted by Gasteiger charge is -2.19. The van der Waals surface area contributed by atoms with Crippen molar-refractivity contribution < 1.29 is 23.8 Å². The van der Waals surface area contributed by atoms with Crippen molar-refractivity contribution in [3.05, 3.63) is 0 Å². The van der Waals surface area contributed by atoms with Gasteiger partial charge in [-0.2, -0.15) is 0 Å². The molecular formula is C9H15NO5. The highest BCUT2D eigenvalue weighted by Gasteiger charge is 2.28. The molecule has 0 spiro atoms. The smallest absolute Gasteiger partial charge is 0.407 e. The fourth-order valence-corrected chi connectivity index (χ4v) is 0.968. The second kappa shape index (κ2) is 4.48. The minimum absolute atomic E-state index is 0.0561. The van der Waals surface area contributed by atoms with Gasteiger partial charge in [-0.3, -0.25) is 0 Å². The standard InChI is InChI=1S/C9H15NO5/c1-9(2,3)15-8(12)10-4-6-7(11)14-5-13-6/h6H,4-5H2,1-3H3,(H,10,12)/t6-/m1/s1. The molecule has 0 unspecified atom stereocenters. The topological polar surface area (TPSA) is 73.9 Å². The Bertz CT molecular complexity index is 258. The van der Waals surface area contributed by atoms with Gasteiger partial charge in [0.2, 0.25) is 0 Å². The highest BCUT2D eigenvalue weighted by Crippen LogP contribution is 2.07. The molecule has 1 atom stereocenters. The number of carbonyl (C=O) groups is 2. The van der Waals surface area contributed by atoms with Crippen LogP contribution in [0.5, 0.6) is 0 Å². The van der Waals surface area contributed by atoms with Crippen LogP contribution in [0.25, 0.3) is 0 Å². The van der Waals surface area contributed by atoms with Crippen molar-refractivity contribution in [3.8, 4) is 0 Å². The first-order valence-electron chi connectivity index (χ1n) is 4.63. The van der Waals surface area contributed by atoms with Crippen molar-refractivity contribution in [1.82, 2.24) is 5.32 Å². The summed E-state index contributed by atoms with van der Waals surface area (Å²) in [5, 5.41) is 2.42. The molecule has 1 aliphatic rings. The molecule has 1 saturated heterocycles. The molecule has 0 bridgehead atoms. The zero-order valence-electron chi connectivity index (χ0n) is 9.03. The minimum atomic E-state index is -0.725. The van der Waals surface area contributed by atoms with E-state index in [9.17, 15) is 9.59 Å². The number of cyclic esters (lactones) is 1. The van der Waals surface area contributed by atoms with Crippen LogP contribution in [0.15, 0.2) is 0 Å². The third kappa shape index (κ3) is 4.16. The van der Waals surface area contributed by atoms with Gasteiger partial charge < -0.3 is 19.5 Å². The molecule has 1 aliphatic heterocycles. The number of alkyl carbamates (subject to hydrolysis) is 1. The molecule has 0 aromatic heterocycles. The Morgan fingerprint density at radius 2 is 2.27 bits per heavy atom. The quantitative estimate of drug-likeness (QED) is 0.678. The van der Waals surface area contributed by atoms with Crippen molar-refractivity contribution in [1.29, 1.82) is 0 Å². The Labute approximate surface area is 87.9 Å². The average molecular weight is 217 g/mol. The summed E-state index contributed by atoms with van der Waals surface area (Å²) in [4.78, 5) is 22.1.